The third-order valence-corrected chi connectivity index (χ3v) is 8.53. The number of alkyl halides is 1. The van der Waals surface area contributed by atoms with E-state index < -0.39 is 6.09 Å². The predicted molar refractivity (Wildman–Crippen MR) is 180 cm³/mol. The molecule has 16 heteroatoms. The molecular weight excluding hydrogens is 645 g/mol. The van der Waals surface area contributed by atoms with Gasteiger partial charge in [0.15, 0.2) is 0 Å². The van der Waals surface area contributed by atoms with Crippen LogP contribution in [-0.2, 0) is 9.53 Å². The quantitative estimate of drug-likeness (QED) is 0.162. The summed E-state index contributed by atoms with van der Waals surface area (Å²) >= 11 is 13.0. The maximum Gasteiger partial charge on any atom is 0.411 e. The predicted octanol–water partition coefficient (Wildman–Crippen LogP) is 5.02. The second kappa shape index (κ2) is 14.2. The Hall–Kier alpha value is -4.95. The molecule has 14 nitrogen and oxygen atoms in total. The number of fused-ring (bicyclic) bond motifs is 4. The van der Waals surface area contributed by atoms with E-state index in [0.29, 0.717) is 40.8 Å². The number of H-pyrrole nitrogens is 1. The molecule has 2 aliphatic rings. The second-order valence-corrected chi connectivity index (χ2v) is 12.2. The monoisotopic (exact) mass is 677 g/mol. The number of nitrogens with one attached hydrogen (secondary N) is 4. The average Bonchev–Trinajstić information content (AvgIpc) is 3.82. The van der Waals surface area contributed by atoms with Gasteiger partial charge in [-0.15, -0.1) is 16.7 Å². The third kappa shape index (κ3) is 7.55. The third-order valence-electron chi connectivity index (χ3n) is 7.94. The van der Waals surface area contributed by atoms with Crippen molar-refractivity contribution in [3.05, 3.63) is 71.4 Å². The number of hydrazone groups is 1. The number of amides is 2. The SMILES string of the molecule is COC(=O)Nc1ccc2c(c1)N[C@H](C1=NN(C)CC1Cl)CCCC[C@H](NC(=O)/C=C/c1cc(Cl)ccc1-n1cnnn1)c1ncc-2[nH]1. The fourth-order valence-corrected chi connectivity index (χ4v) is 6.27. The fraction of sp³-hybridized carbons (Fsp3) is 0.323. The van der Waals surface area contributed by atoms with Crippen LogP contribution in [0.1, 0.15) is 43.1 Å². The summed E-state index contributed by atoms with van der Waals surface area (Å²) < 4.78 is 6.29. The number of nitrogens with zero attached hydrogens (tertiary/aromatic N) is 7. The van der Waals surface area contributed by atoms with Crippen molar-refractivity contribution in [3.63, 3.8) is 0 Å². The maximum atomic E-state index is 13.3. The number of carbonyl (C=O) groups excluding carboxylic acids is 2. The molecule has 4 N–H and O–H groups in total. The van der Waals surface area contributed by atoms with E-state index >= 15 is 0 Å². The van der Waals surface area contributed by atoms with Crippen LogP contribution in [-0.4, -0.2) is 85.0 Å². The lowest BCUT2D eigenvalue weighted by Gasteiger charge is -2.24. The van der Waals surface area contributed by atoms with Gasteiger partial charge in [-0.05, 0) is 65.7 Å². The van der Waals surface area contributed by atoms with Crippen LogP contribution in [0.3, 0.4) is 0 Å². The van der Waals surface area contributed by atoms with E-state index in [1.54, 1.807) is 36.5 Å². The first-order valence-corrected chi connectivity index (χ1v) is 15.8. The van der Waals surface area contributed by atoms with E-state index in [4.69, 9.17) is 33.0 Å². The number of imidazole rings is 1. The Bertz CT molecular complexity index is 1810. The molecular formula is C31H33Cl2N11O3. The van der Waals surface area contributed by atoms with Crippen LogP contribution in [0, 0.1) is 0 Å². The molecule has 2 amide bonds. The van der Waals surface area contributed by atoms with Crippen LogP contribution in [0.15, 0.2) is 60.1 Å². The second-order valence-electron chi connectivity index (χ2n) is 11.2. The van der Waals surface area contributed by atoms with Crippen LogP contribution >= 0.6 is 23.2 Å². The van der Waals surface area contributed by atoms with Gasteiger partial charge in [-0.1, -0.05) is 24.4 Å². The summed E-state index contributed by atoms with van der Waals surface area (Å²) in [5, 5.41) is 27.7. The maximum absolute atomic E-state index is 13.3. The number of halogens is 2. The molecule has 2 aromatic heterocycles. The van der Waals surface area contributed by atoms with Crippen molar-refractivity contribution in [2.45, 2.75) is 43.1 Å². The molecule has 0 aliphatic carbocycles. The zero-order valence-electron chi connectivity index (χ0n) is 25.7. The minimum absolute atomic E-state index is 0.167. The number of benzene rings is 2. The van der Waals surface area contributed by atoms with Crippen molar-refractivity contribution < 1.29 is 14.3 Å². The highest BCUT2D eigenvalue weighted by molar-refractivity contribution is 6.34. The number of anilines is 2. The van der Waals surface area contributed by atoms with Crippen molar-refractivity contribution in [1.82, 2.24) is 40.5 Å². The van der Waals surface area contributed by atoms with Crippen LogP contribution in [0.25, 0.3) is 23.0 Å². The smallest absolute Gasteiger partial charge is 0.411 e. The molecule has 0 saturated carbocycles. The van der Waals surface area contributed by atoms with Gasteiger partial charge in [0.05, 0.1) is 54.4 Å². The Balaban J connectivity index is 1.28. The summed E-state index contributed by atoms with van der Waals surface area (Å²) in [5.74, 6) is 0.329. The molecule has 244 valence electrons. The Morgan fingerprint density at radius 2 is 2.00 bits per heavy atom. The van der Waals surface area contributed by atoms with Crippen molar-refractivity contribution in [3.8, 4) is 16.9 Å². The summed E-state index contributed by atoms with van der Waals surface area (Å²) in [6.45, 7) is 0.615. The van der Waals surface area contributed by atoms with E-state index in [1.807, 2.05) is 24.2 Å². The molecule has 2 bridgehead atoms. The minimum Gasteiger partial charge on any atom is -0.453 e. The van der Waals surface area contributed by atoms with Gasteiger partial charge in [-0.3, -0.25) is 15.1 Å². The van der Waals surface area contributed by atoms with Crippen molar-refractivity contribution >= 4 is 58.4 Å². The fourth-order valence-electron chi connectivity index (χ4n) is 5.69. The van der Waals surface area contributed by atoms with Gasteiger partial charge in [0.2, 0.25) is 5.91 Å². The average molecular weight is 679 g/mol. The van der Waals surface area contributed by atoms with Gasteiger partial charge in [-0.2, -0.15) is 9.78 Å². The number of rotatable bonds is 6. The number of hydrogen-bond acceptors (Lipinski definition) is 10. The zero-order chi connectivity index (χ0) is 32.9. The first-order valence-electron chi connectivity index (χ1n) is 15.0. The molecule has 2 aromatic carbocycles. The van der Waals surface area contributed by atoms with Gasteiger partial charge in [0, 0.05) is 40.6 Å². The standard InChI is InChI=1S/C31H33Cl2N11O3/c1-43-16-22(33)29(40-43)23-5-3-4-6-24(38-28(45)12-7-18-13-19(32)8-11-27(18)44-17-35-41-42-44)30-34-15-26(39-30)21-10-9-20(14-25(21)37-23)36-31(46)47-2/h7-15,17,22-24,37H,3-6,16H2,1-2H3,(H,34,39)(H,36,46)(H,38,45)/b12-7+/t22?,23-,24-/m0/s1. The lowest BCUT2D eigenvalue weighted by atomic mass is 9.98. The van der Waals surface area contributed by atoms with Crippen LogP contribution < -0.4 is 16.0 Å². The number of tetrazole rings is 1. The summed E-state index contributed by atoms with van der Waals surface area (Å²) in [4.78, 5) is 33.4. The van der Waals surface area contributed by atoms with Gasteiger partial charge in [-0.25, -0.2) is 9.78 Å². The van der Waals surface area contributed by atoms with E-state index in [0.717, 1.165) is 41.9 Å². The summed E-state index contributed by atoms with van der Waals surface area (Å²) in [5.41, 5.74) is 5.07. The lowest BCUT2D eigenvalue weighted by Crippen LogP contribution is -2.35. The topological polar surface area (TPSA) is 167 Å². The molecule has 4 heterocycles. The van der Waals surface area contributed by atoms with E-state index in [-0.39, 0.29) is 23.4 Å². The van der Waals surface area contributed by atoms with Crippen LogP contribution in [0.4, 0.5) is 16.2 Å². The van der Waals surface area contributed by atoms with E-state index in [1.165, 1.54) is 24.2 Å². The number of methoxy groups -OCH3 is 1. The number of aromatic nitrogens is 6. The number of aromatic amines is 1. The first-order chi connectivity index (χ1) is 22.8. The summed E-state index contributed by atoms with van der Waals surface area (Å²) in [6, 6.07) is 10.2. The number of hydrogen-bond donors (Lipinski definition) is 4. The molecule has 0 radical (unpaired) electrons. The van der Waals surface area contributed by atoms with Gasteiger partial charge >= 0.3 is 6.09 Å². The highest BCUT2D eigenvalue weighted by atomic mass is 35.5. The Labute approximate surface area is 280 Å². The Morgan fingerprint density at radius 3 is 2.77 bits per heavy atom. The molecule has 0 fully saturated rings. The number of carbonyl (C=O) groups is 2. The number of ether oxygens (including phenoxy) is 1. The molecule has 47 heavy (non-hydrogen) atoms. The first kappa shape index (κ1) is 32.0. The normalized spacial score (nSPS) is 19.6. The summed E-state index contributed by atoms with van der Waals surface area (Å²) in [6.07, 6.45) is 8.79. The van der Waals surface area contributed by atoms with Crippen molar-refractivity contribution in [2.75, 3.05) is 31.3 Å². The molecule has 1 unspecified atom stereocenters. The highest BCUT2D eigenvalue weighted by Gasteiger charge is 2.30. The molecule has 2 aliphatic heterocycles. The molecule has 6 rings (SSSR count). The van der Waals surface area contributed by atoms with Gasteiger partial charge in [0.25, 0.3) is 0 Å². The van der Waals surface area contributed by atoms with Gasteiger partial charge in [0.1, 0.15) is 12.2 Å². The highest BCUT2D eigenvalue weighted by Crippen LogP contribution is 2.34. The van der Waals surface area contributed by atoms with Crippen molar-refractivity contribution in [2.24, 2.45) is 5.10 Å². The van der Waals surface area contributed by atoms with Crippen LogP contribution in [0.5, 0.6) is 0 Å². The van der Waals surface area contributed by atoms with E-state index in [9.17, 15) is 9.59 Å². The minimum atomic E-state index is -0.573. The molecule has 0 saturated heterocycles. The lowest BCUT2D eigenvalue weighted by molar-refractivity contribution is -0.117. The van der Waals surface area contributed by atoms with Crippen molar-refractivity contribution in [1.29, 1.82) is 0 Å². The summed E-state index contributed by atoms with van der Waals surface area (Å²) in [7, 11) is 3.21. The van der Waals surface area contributed by atoms with E-state index in [2.05, 4.69) is 41.4 Å². The zero-order valence-corrected chi connectivity index (χ0v) is 27.2. The molecule has 4 aromatic rings. The molecule has 3 atom stereocenters. The van der Waals surface area contributed by atoms with Gasteiger partial charge < -0.3 is 20.4 Å². The molecule has 0 spiro atoms. The van der Waals surface area contributed by atoms with Crippen LogP contribution in [0.2, 0.25) is 5.02 Å². The Kier molecular flexibility index (Phi) is 9.68. The Morgan fingerprint density at radius 1 is 1.15 bits per heavy atom. The largest absolute Gasteiger partial charge is 0.453 e.